The van der Waals surface area contributed by atoms with Crippen molar-refractivity contribution in [3.8, 4) is 11.5 Å². The predicted molar refractivity (Wildman–Crippen MR) is 161 cm³/mol. The van der Waals surface area contributed by atoms with Crippen molar-refractivity contribution in [2.75, 3.05) is 19.1 Å². The first-order valence-electron chi connectivity index (χ1n) is 13.2. The zero-order valence-corrected chi connectivity index (χ0v) is 24.2. The standard InChI is InChI=1S/C32H28Cl2N4O3/c1-39-23-11-7-20(8-12-23)17-38(18-21-9-13-24(40-2)14-10-21)29-15-22-5-3-4-6-25(22)30(36-29)28-16-27-26(19-41-28)31(33)37-32(34)35-27/h3-15,28H,16-19H2,1-2H3. The van der Waals surface area contributed by atoms with Gasteiger partial charge in [0.1, 0.15) is 28.6 Å². The van der Waals surface area contributed by atoms with Crippen LogP contribution in [0.4, 0.5) is 5.82 Å². The Morgan fingerprint density at radius 3 is 2.10 bits per heavy atom. The lowest BCUT2D eigenvalue weighted by Crippen LogP contribution is -2.25. The number of hydrogen-bond donors (Lipinski definition) is 0. The molecule has 3 aromatic carbocycles. The summed E-state index contributed by atoms with van der Waals surface area (Å²) in [5, 5.41) is 2.57. The largest absolute Gasteiger partial charge is 0.497 e. The molecule has 41 heavy (non-hydrogen) atoms. The molecular formula is C32H28Cl2N4O3. The summed E-state index contributed by atoms with van der Waals surface area (Å²) < 4.78 is 17.1. The van der Waals surface area contributed by atoms with Crippen molar-refractivity contribution in [2.24, 2.45) is 0 Å². The molecule has 0 spiro atoms. The summed E-state index contributed by atoms with van der Waals surface area (Å²) in [5.41, 5.74) is 4.69. The van der Waals surface area contributed by atoms with Crippen LogP contribution in [0.25, 0.3) is 10.8 Å². The summed E-state index contributed by atoms with van der Waals surface area (Å²) in [6.07, 6.45) is 0.174. The molecule has 0 bridgehead atoms. The Kier molecular flexibility index (Phi) is 7.92. The van der Waals surface area contributed by atoms with E-state index in [1.54, 1.807) is 14.2 Å². The lowest BCUT2D eigenvalue weighted by atomic mass is 9.99. The molecule has 1 aliphatic heterocycles. The van der Waals surface area contributed by atoms with E-state index in [0.29, 0.717) is 24.7 Å². The van der Waals surface area contributed by atoms with E-state index in [1.165, 1.54) is 0 Å². The van der Waals surface area contributed by atoms with E-state index in [-0.39, 0.29) is 18.0 Å². The van der Waals surface area contributed by atoms with Crippen LogP contribution < -0.4 is 14.4 Å². The van der Waals surface area contributed by atoms with Crippen molar-refractivity contribution >= 4 is 39.8 Å². The first-order valence-corrected chi connectivity index (χ1v) is 14.0. The Hall–Kier alpha value is -3.91. The number of aromatic nitrogens is 3. The molecule has 2 aromatic heterocycles. The molecule has 1 atom stereocenters. The van der Waals surface area contributed by atoms with Crippen LogP contribution >= 0.6 is 23.2 Å². The van der Waals surface area contributed by atoms with Gasteiger partial charge in [-0.2, -0.15) is 0 Å². The zero-order chi connectivity index (χ0) is 28.3. The SMILES string of the molecule is COc1ccc(CN(Cc2ccc(OC)cc2)c2cc3ccccc3c(C3Cc4nc(Cl)nc(Cl)c4CO3)n2)cc1. The Bertz CT molecular complexity index is 1630. The average molecular weight is 588 g/mol. The summed E-state index contributed by atoms with van der Waals surface area (Å²) in [6.45, 7) is 1.58. The number of halogens is 2. The quantitative estimate of drug-likeness (QED) is 0.139. The highest BCUT2D eigenvalue weighted by Crippen LogP contribution is 2.37. The number of rotatable bonds is 8. The van der Waals surface area contributed by atoms with E-state index in [2.05, 4.69) is 57.3 Å². The Morgan fingerprint density at radius 1 is 0.829 bits per heavy atom. The van der Waals surface area contributed by atoms with Gasteiger partial charge in [0.2, 0.25) is 5.28 Å². The van der Waals surface area contributed by atoms with Crippen molar-refractivity contribution in [1.29, 1.82) is 0 Å². The normalized spacial score (nSPS) is 14.5. The molecule has 0 amide bonds. The molecule has 7 nitrogen and oxygen atoms in total. The second-order valence-corrected chi connectivity index (χ2v) is 10.5. The van der Waals surface area contributed by atoms with Crippen LogP contribution in [0.2, 0.25) is 10.4 Å². The fourth-order valence-electron chi connectivity index (χ4n) is 5.12. The third kappa shape index (κ3) is 5.93. The van der Waals surface area contributed by atoms with Gasteiger partial charge in [0, 0.05) is 30.5 Å². The van der Waals surface area contributed by atoms with Crippen molar-refractivity contribution in [3.05, 3.63) is 117 Å². The van der Waals surface area contributed by atoms with E-state index in [4.69, 9.17) is 42.4 Å². The molecule has 1 aliphatic rings. The summed E-state index contributed by atoms with van der Waals surface area (Å²) >= 11 is 12.5. The molecule has 9 heteroatoms. The van der Waals surface area contributed by atoms with Gasteiger partial charge < -0.3 is 19.1 Å². The number of benzene rings is 3. The van der Waals surface area contributed by atoms with Gasteiger partial charge in [0.05, 0.1) is 32.2 Å². The van der Waals surface area contributed by atoms with E-state index in [9.17, 15) is 0 Å². The smallest absolute Gasteiger partial charge is 0.224 e. The summed E-state index contributed by atoms with van der Waals surface area (Å²) in [4.78, 5) is 16.0. The van der Waals surface area contributed by atoms with Crippen molar-refractivity contribution < 1.29 is 14.2 Å². The summed E-state index contributed by atoms with van der Waals surface area (Å²) in [6, 6.07) is 26.6. The lowest BCUT2D eigenvalue weighted by molar-refractivity contribution is 0.0242. The minimum atomic E-state index is -0.321. The fourth-order valence-corrected chi connectivity index (χ4v) is 5.59. The van der Waals surface area contributed by atoms with Gasteiger partial charge >= 0.3 is 0 Å². The number of fused-ring (bicyclic) bond motifs is 2. The third-order valence-electron chi connectivity index (χ3n) is 7.27. The molecule has 0 fully saturated rings. The number of anilines is 1. The molecule has 0 saturated carbocycles. The first-order chi connectivity index (χ1) is 20.0. The molecule has 0 aliphatic carbocycles. The third-order valence-corrected chi connectivity index (χ3v) is 7.75. The maximum Gasteiger partial charge on any atom is 0.224 e. The minimum Gasteiger partial charge on any atom is -0.497 e. The van der Waals surface area contributed by atoms with Gasteiger partial charge in [-0.25, -0.2) is 15.0 Å². The lowest BCUT2D eigenvalue weighted by Gasteiger charge is -2.29. The minimum absolute atomic E-state index is 0.131. The van der Waals surface area contributed by atoms with Crippen LogP contribution in [0.15, 0.2) is 78.9 Å². The molecule has 0 saturated heterocycles. The maximum atomic E-state index is 6.34. The Morgan fingerprint density at radius 2 is 1.46 bits per heavy atom. The molecule has 1 unspecified atom stereocenters. The van der Waals surface area contributed by atoms with Crippen LogP contribution in [-0.4, -0.2) is 29.2 Å². The molecule has 3 heterocycles. The Labute approximate surface area is 248 Å². The first kappa shape index (κ1) is 27.3. The average Bonchev–Trinajstić information content (AvgIpc) is 3.00. The van der Waals surface area contributed by atoms with E-state index in [0.717, 1.165) is 56.2 Å². The van der Waals surface area contributed by atoms with Gasteiger partial charge in [-0.3, -0.25) is 0 Å². The number of nitrogens with zero attached hydrogens (tertiary/aromatic N) is 4. The summed E-state index contributed by atoms with van der Waals surface area (Å²) in [5.74, 6) is 2.49. The number of ether oxygens (including phenoxy) is 3. The van der Waals surface area contributed by atoms with Crippen LogP contribution in [0, 0.1) is 0 Å². The molecule has 5 aromatic rings. The second kappa shape index (κ2) is 11.9. The van der Waals surface area contributed by atoms with Crippen LogP contribution in [0.5, 0.6) is 11.5 Å². The highest BCUT2D eigenvalue weighted by Gasteiger charge is 2.28. The molecule has 0 N–H and O–H groups in total. The van der Waals surface area contributed by atoms with Gasteiger partial charge in [-0.05, 0) is 58.4 Å². The van der Waals surface area contributed by atoms with Gasteiger partial charge in [-0.1, -0.05) is 60.1 Å². The van der Waals surface area contributed by atoms with Gasteiger partial charge in [0.25, 0.3) is 0 Å². The molecular weight excluding hydrogens is 559 g/mol. The van der Waals surface area contributed by atoms with E-state index in [1.807, 2.05) is 36.4 Å². The number of hydrogen-bond acceptors (Lipinski definition) is 7. The predicted octanol–water partition coefficient (Wildman–Crippen LogP) is 7.37. The second-order valence-electron chi connectivity index (χ2n) is 9.85. The van der Waals surface area contributed by atoms with Crippen molar-refractivity contribution in [2.45, 2.75) is 32.2 Å². The maximum absolute atomic E-state index is 6.34. The van der Waals surface area contributed by atoms with Crippen LogP contribution in [-0.2, 0) is 30.9 Å². The molecule has 0 radical (unpaired) electrons. The molecule has 6 rings (SSSR count). The highest BCUT2D eigenvalue weighted by molar-refractivity contribution is 6.32. The molecule has 208 valence electrons. The van der Waals surface area contributed by atoms with Crippen molar-refractivity contribution in [1.82, 2.24) is 15.0 Å². The van der Waals surface area contributed by atoms with Crippen molar-refractivity contribution in [3.63, 3.8) is 0 Å². The van der Waals surface area contributed by atoms with Crippen LogP contribution in [0.3, 0.4) is 0 Å². The van der Waals surface area contributed by atoms with Crippen LogP contribution in [0.1, 0.15) is 34.2 Å². The number of pyridine rings is 1. The number of methoxy groups -OCH3 is 2. The van der Waals surface area contributed by atoms with E-state index >= 15 is 0 Å². The monoisotopic (exact) mass is 586 g/mol. The topological polar surface area (TPSA) is 69.6 Å². The zero-order valence-electron chi connectivity index (χ0n) is 22.7. The fraction of sp³-hybridized carbons (Fsp3) is 0.219. The van der Waals surface area contributed by atoms with Gasteiger partial charge in [-0.15, -0.1) is 0 Å². The van der Waals surface area contributed by atoms with E-state index < -0.39 is 0 Å². The summed E-state index contributed by atoms with van der Waals surface area (Å²) in [7, 11) is 3.34. The Balaban J connectivity index is 1.41. The van der Waals surface area contributed by atoms with Gasteiger partial charge in [0.15, 0.2) is 0 Å². The highest BCUT2D eigenvalue weighted by atomic mass is 35.5.